The standard InChI is InChI=1S/C19H21N7/c20-8-4-11-26-19-16(13-24-26)18(22-14-23-19)21-9-12-25-10-3-6-15-5-1-2-7-17(15)25/h1-2,5,7,13-14H,3-4,6,9-12H2,(H,21,22,23). The Hall–Kier alpha value is -3.14. The van der Waals surface area contributed by atoms with Gasteiger partial charge in [-0.1, -0.05) is 18.2 Å². The van der Waals surface area contributed by atoms with Crippen LogP contribution in [0.25, 0.3) is 11.0 Å². The van der Waals surface area contributed by atoms with Crippen LogP contribution in [0.4, 0.5) is 11.5 Å². The van der Waals surface area contributed by atoms with E-state index in [4.69, 9.17) is 5.26 Å². The number of fused-ring (bicyclic) bond motifs is 2. The molecule has 0 bridgehead atoms. The highest BCUT2D eigenvalue weighted by molar-refractivity contribution is 5.86. The van der Waals surface area contributed by atoms with E-state index in [0.717, 1.165) is 42.9 Å². The second kappa shape index (κ2) is 7.40. The third kappa shape index (κ3) is 3.18. The van der Waals surface area contributed by atoms with Crippen molar-refractivity contribution in [1.82, 2.24) is 19.7 Å². The number of nitrogens with zero attached hydrogens (tertiary/aromatic N) is 6. The Bertz CT molecular complexity index is 940. The van der Waals surface area contributed by atoms with Crippen LogP contribution in [0.2, 0.25) is 0 Å². The predicted octanol–water partition coefficient (Wildman–Crippen LogP) is 2.60. The van der Waals surface area contributed by atoms with Crippen molar-refractivity contribution >= 4 is 22.5 Å². The Labute approximate surface area is 152 Å². The van der Waals surface area contributed by atoms with Crippen molar-refractivity contribution < 1.29 is 0 Å². The van der Waals surface area contributed by atoms with Gasteiger partial charge in [-0.05, 0) is 24.5 Å². The number of para-hydroxylation sites is 1. The summed E-state index contributed by atoms with van der Waals surface area (Å²) in [5.74, 6) is 0.795. The maximum Gasteiger partial charge on any atom is 0.163 e. The fourth-order valence-corrected chi connectivity index (χ4v) is 3.51. The number of anilines is 2. The fraction of sp³-hybridized carbons (Fsp3) is 0.368. The Morgan fingerprint density at radius 1 is 1.19 bits per heavy atom. The van der Waals surface area contributed by atoms with Gasteiger partial charge in [0, 0.05) is 25.3 Å². The van der Waals surface area contributed by atoms with Gasteiger partial charge >= 0.3 is 0 Å². The molecule has 2 aromatic heterocycles. The van der Waals surface area contributed by atoms with E-state index in [9.17, 15) is 0 Å². The van der Waals surface area contributed by atoms with E-state index in [2.05, 4.69) is 55.6 Å². The van der Waals surface area contributed by atoms with Gasteiger partial charge in [0.2, 0.25) is 0 Å². The Morgan fingerprint density at radius 2 is 2.12 bits per heavy atom. The molecule has 3 aromatic rings. The smallest absolute Gasteiger partial charge is 0.163 e. The molecular weight excluding hydrogens is 326 g/mol. The van der Waals surface area contributed by atoms with Crippen LogP contribution in [-0.2, 0) is 13.0 Å². The van der Waals surface area contributed by atoms with Crippen molar-refractivity contribution in [1.29, 1.82) is 5.26 Å². The summed E-state index contributed by atoms with van der Waals surface area (Å²) in [7, 11) is 0. The van der Waals surface area contributed by atoms with Gasteiger partial charge in [0.25, 0.3) is 0 Å². The summed E-state index contributed by atoms with van der Waals surface area (Å²) >= 11 is 0. The first-order chi connectivity index (χ1) is 12.9. The monoisotopic (exact) mass is 347 g/mol. The molecule has 0 saturated carbocycles. The second-order valence-electron chi connectivity index (χ2n) is 6.38. The van der Waals surface area contributed by atoms with Gasteiger partial charge in [-0.3, -0.25) is 0 Å². The minimum absolute atomic E-state index is 0.415. The van der Waals surface area contributed by atoms with Crippen LogP contribution in [0.1, 0.15) is 18.4 Å². The van der Waals surface area contributed by atoms with Gasteiger partial charge < -0.3 is 10.2 Å². The van der Waals surface area contributed by atoms with Crippen molar-refractivity contribution in [2.45, 2.75) is 25.8 Å². The number of hydrogen-bond acceptors (Lipinski definition) is 6. The molecule has 0 atom stereocenters. The van der Waals surface area contributed by atoms with Crippen molar-refractivity contribution in [2.75, 3.05) is 29.9 Å². The Kier molecular flexibility index (Phi) is 4.65. The Morgan fingerprint density at radius 3 is 3.04 bits per heavy atom. The molecule has 7 heteroatoms. The van der Waals surface area contributed by atoms with E-state index >= 15 is 0 Å². The molecule has 1 aromatic carbocycles. The molecule has 7 nitrogen and oxygen atoms in total. The lowest BCUT2D eigenvalue weighted by Crippen LogP contribution is -2.33. The number of nitriles is 1. The molecule has 1 aliphatic heterocycles. The van der Waals surface area contributed by atoms with E-state index in [0.29, 0.717) is 13.0 Å². The van der Waals surface area contributed by atoms with Gasteiger partial charge in [0.1, 0.15) is 12.1 Å². The largest absolute Gasteiger partial charge is 0.370 e. The minimum atomic E-state index is 0.415. The van der Waals surface area contributed by atoms with Gasteiger partial charge in [-0.2, -0.15) is 10.4 Å². The number of nitrogens with one attached hydrogen (secondary N) is 1. The second-order valence-corrected chi connectivity index (χ2v) is 6.38. The minimum Gasteiger partial charge on any atom is -0.370 e. The van der Waals surface area contributed by atoms with E-state index < -0.39 is 0 Å². The number of hydrogen-bond donors (Lipinski definition) is 1. The van der Waals surface area contributed by atoms with E-state index in [1.807, 2.05) is 0 Å². The molecule has 1 aliphatic rings. The molecule has 0 amide bonds. The first-order valence-electron chi connectivity index (χ1n) is 8.97. The quantitative estimate of drug-likeness (QED) is 0.738. The summed E-state index contributed by atoms with van der Waals surface area (Å²) in [5, 5.41) is 17.4. The molecule has 3 heterocycles. The first kappa shape index (κ1) is 16.3. The summed E-state index contributed by atoms with van der Waals surface area (Å²) in [6.07, 6.45) is 6.09. The summed E-state index contributed by atoms with van der Waals surface area (Å²) in [4.78, 5) is 11.1. The predicted molar refractivity (Wildman–Crippen MR) is 101 cm³/mol. The number of aromatic nitrogens is 4. The average molecular weight is 347 g/mol. The maximum atomic E-state index is 8.76. The summed E-state index contributed by atoms with van der Waals surface area (Å²) in [5.41, 5.74) is 3.54. The molecule has 0 fully saturated rings. The first-order valence-corrected chi connectivity index (χ1v) is 8.97. The van der Waals surface area contributed by atoms with Gasteiger partial charge in [-0.25, -0.2) is 14.6 Å². The average Bonchev–Trinajstić information content (AvgIpc) is 3.10. The molecule has 0 aliphatic carbocycles. The zero-order valence-corrected chi connectivity index (χ0v) is 14.6. The number of rotatable bonds is 6. The SMILES string of the molecule is N#CCCn1ncc2c(NCCN3CCCc4ccccc43)ncnc21. The number of benzene rings is 1. The highest BCUT2D eigenvalue weighted by Gasteiger charge is 2.16. The Balaban J connectivity index is 1.44. The third-order valence-corrected chi connectivity index (χ3v) is 4.75. The zero-order valence-electron chi connectivity index (χ0n) is 14.6. The van der Waals surface area contributed by atoms with Crippen molar-refractivity contribution in [3.63, 3.8) is 0 Å². The lowest BCUT2D eigenvalue weighted by atomic mass is 10.0. The highest BCUT2D eigenvalue weighted by Crippen LogP contribution is 2.26. The molecule has 26 heavy (non-hydrogen) atoms. The van der Waals surface area contributed by atoms with Gasteiger partial charge in [-0.15, -0.1) is 0 Å². The van der Waals surface area contributed by atoms with Gasteiger partial charge in [0.05, 0.1) is 30.6 Å². The molecule has 0 unspecified atom stereocenters. The van der Waals surface area contributed by atoms with Gasteiger partial charge in [0.15, 0.2) is 5.65 Å². The number of aryl methyl sites for hydroxylation is 2. The molecule has 4 rings (SSSR count). The van der Waals surface area contributed by atoms with Crippen LogP contribution < -0.4 is 10.2 Å². The van der Waals surface area contributed by atoms with Crippen LogP contribution in [0.15, 0.2) is 36.8 Å². The maximum absolute atomic E-state index is 8.76. The molecule has 1 N–H and O–H groups in total. The molecule has 0 saturated heterocycles. The topological polar surface area (TPSA) is 82.7 Å². The summed E-state index contributed by atoms with van der Waals surface area (Å²) < 4.78 is 1.76. The van der Waals surface area contributed by atoms with Crippen LogP contribution in [0.3, 0.4) is 0 Å². The molecular formula is C19H21N7. The fourth-order valence-electron chi connectivity index (χ4n) is 3.51. The summed E-state index contributed by atoms with van der Waals surface area (Å²) in [6.45, 7) is 3.35. The van der Waals surface area contributed by atoms with Crippen LogP contribution in [0, 0.1) is 11.3 Å². The highest BCUT2D eigenvalue weighted by atomic mass is 15.3. The van der Waals surface area contributed by atoms with Crippen molar-refractivity contribution in [3.8, 4) is 6.07 Å². The van der Waals surface area contributed by atoms with E-state index in [1.165, 1.54) is 17.7 Å². The lowest BCUT2D eigenvalue weighted by molar-refractivity contribution is 0.643. The molecule has 0 radical (unpaired) electrons. The summed E-state index contributed by atoms with van der Waals surface area (Å²) in [6, 6.07) is 10.8. The van der Waals surface area contributed by atoms with E-state index in [-0.39, 0.29) is 0 Å². The molecule has 0 spiro atoms. The van der Waals surface area contributed by atoms with Crippen LogP contribution in [-0.4, -0.2) is 39.4 Å². The zero-order chi connectivity index (χ0) is 17.8. The van der Waals surface area contributed by atoms with Crippen LogP contribution in [0.5, 0.6) is 0 Å². The molecule has 132 valence electrons. The van der Waals surface area contributed by atoms with Crippen molar-refractivity contribution in [3.05, 3.63) is 42.4 Å². The normalized spacial score (nSPS) is 13.4. The third-order valence-electron chi connectivity index (χ3n) is 4.75. The lowest BCUT2D eigenvalue weighted by Gasteiger charge is -2.31. The van der Waals surface area contributed by atoms with E-state index in [1.54, 1.807) is 17.2 Å². The van der Waals surface area contributed by atoms with Crippen LogP contribution >= 0.6 is 0 Å². The van der Waals surface area contributed by atoms with Crippen molar-refractivity contribution in [2.24, 2.45) is 0 Å².